The SMILES string of the molecule is CN1CCN(C)C(CNC(=O)c2cc(Br)cnc2N)C1. The van der Waals surface area contributed by atoms with Crippen molar-refractivity contribution < 1.29 is 4.79 Å². The van der Waals surface area contributed by atoms with Gasteiger partial charge in [-0.25, -0.2) is 4.98 Å². The third kappa shape index (κ3) is 3.68. The number of anilines is 1. The first-order chi connectivity index (χ1) is 9.47. The van der Waals surface area contributed by atoms with Gasteiger partial charge >= 0.3 is 0 Å². The Balaban J connectivity index is 1.96. The average molecular weight is 342 g/mol. The Kier molecular flexibility index (Phi) is 4.95. The molecule has 0 bridgehead atoms. The van der Waals surface area contributed by atoms with E-state index in [2.05, 4.69) is 50.1 Å². The Hall–Kier alpha value is -1.18. The molecule has 0 aliphatic carbocycles. The summed E-state index contributed by atoms with van der Waals surface area (Å²) in [6.45, 7) is 3.62. The zero-order valence-corrected chi connectivity index (χ0v) is 13.4. The molecule has 110 valence electrons. The van der Waals surface area contributed by atoms with E-state index in [0.29, 0.717) is 18.2 Å². The number of nitrogens with zero attached hydrogens (tertiary/aromatic N) is 3. The third-order valence-corrected chi connectivity index (χ3v) is 4.04. The summed E-state index contributed by atoms with van der Waals surface area (Å²) in [5.41, 5.74) is 6.15. The molecule has 1 amide bonds. The Bertz CT molecular complexity index is 496. The molecule has 1 aromatic heterocycles. The maximum absolute atomic E-state index is 12.2. The van der Waals surface area contributed by atoms with E-state index in [9.17, 15) is 4.79 Å². The molecular formula is C13H20BrN5O. The number of nitrogen functional groups attached to an aromatic ring is 1. The molecule has 1 fully saturated rings. The number of hydrogen-bond acceptors (Lipinski definition) is 5. The Morgan fingerprint density at radius 2 is 2.30 bits per heavy atom. The van der Waals surface area contributed by atoms with Crippen molar-refractivity contribution in [1.82, 2.24) is 20.1 Å². The topological polar surface area (TPSA) is 74.5 Å². The van der Waals surface area contributed by atoms with Gasteiger partial charge in [0.05, 0.1) is 5.56 Å². The molecule has 1 aromatic rings. The normalized spacial score (nSPS) is 20.9. The van der Waals surface area contributed by atoms with Gasteiger partial charge in [0.2, 0.25) is 0 Å². The lowest BCUT2D eigenvalue weighted by Gasteiger charge is -2.37. The summed E-state index contributed by atoms with van der Waals surface area (Å²) in [4.78, 5) is 20.7. The van der Waals surface area contributed by atoms with Crippen LogP contribution in [0.4, 0.5) is 5.82 Å². The zero-order valence-electron chi connectivity index (χ0n) is 11.8. The molecule has 3 N–H and O–H groups in total. The van der Waals surface area contributed by atoms with Crippen LogP contribution in [0.1, 0.15) is 10.4 Å². The molecule has 20 heavy (non-hydrogen) atoms. The van der Waals surface area contributed by atoms with Crippen LogP contribution in [0.2, 0.25) is 0 Å². The van der Waals surface area contributed by atoms with Crippen LogP contribution in [0.5, 0.6) is 0 Å². The highest BCUT2D eigenvalue weighted by molar-refractivity contribution is 9.10. The number of hydrogen-bond donors (Lipinski definition) is 2. The number of carbonyl (C=O) groups is 1. The first-order valence-corrected chi connectivity index (χ1v) is 7.34. The van der Waals surface area contributed by atoms with Crippen molar-refractivity contribution in [2.75, 3.05) is 46.0 Å². The second-order valence-electron chi connectivity index (χ2n) is 5.19. The lowest BCUT2D eigenvalue weighted by molar-refractivity contribution is 0.0881. The van der Waals surface area contributed by atoms with Crippen LogP contribution in [0.25, 0.3) is 0 Å². The molecule has 6 nitrogen and oxygen atoms in total. The second-order valence-corrected chi connectivity index (χ2v) is 6.11. The van der Waals surface area contributed by atoms with Crippen molar-refractivity contribution in [2.45, 2.75) is 6.04 Å². The first-order valence-electron chi connectivity index (χ1n) is 6.55. The van der Waals surface area contributed by atoms with Gasteiger partial charge in [0, 0.05) is 42.9 Å². The maximum atomic E-state index is 12.2. The maximum Gasteiger partial charge on any atom is 0.255 e. The third-order valence-electron chi connectivity index (χ3n) is 3.61. The minimum atomic E-state index is -0.182. The monoisotopic (exact) mass is 341 g/mol. The van der Waals surface area contributed by atoms with E-state index < -0.39 is 0 Å². The van der Waals surface area contributed by atoms with Crippen LogP contribution < -0.4 is 11.1 Å². The molecule has 0 radical (unpaired) electrons. The Morgan fingerprint density at radius 1 is 1.55 bits per heavy atom. The van der Waals surface area contributed by atoms with Crippen molar-refractivity contribution >= 4 is 27.7 Å². The highest BCUT2D eigenvalue weighted by Gasteiger charge is 2.23. The predicted molar refractivity (Wildman–Crippen MR) is 82.6 cm³/mol. The van der Waals surface area contributed by atoms with Crippen molar-refractivity contribution in [3.05, 3.63) is 22.3 Å². The zero-order chi connectivity index (χ0) is 14.7. The molecule has 7 heteroatoms. The lowest BCUT2D eigenvalue weighted by Crippen LogP contribution is -2.54. The molecular weight excluding hydrogens is 322 g/mol. The van der Waals surface area contributed by atoms with Gasteiger partial charge in [-0.2, -0.15) is 0 Å². The van der Waals surface area contributed by atoms with Crippen LogP contribution in [0.15, 0.2) is 16.7 Å². The number of halogens is 1. The lowest BCUT2D eigenvalue weighted by atomic mass is 10.1. The van der Waals surface area contributed by atoms with Gasteiger partial charge < -0.3 is 16.0 Å². The van der Waals surface area contributed by atoms with Gasteiger partial charge in [-0.05, 0) is 36.1 Å². The molecule has 2 rings (SSSR count). The predicted octanol–water partition coefficient (Wildman–Crippen LogP) is 0.402. The van der Waals surface area contributed by atoms with Gasteiger partial charge in [0.25, 0.3) is 5.91 Å². The number of aromatic nitrogens is 1. The van der Waals surface area contributed by atoms with Crippen LogP contribution in [0.3, 0.4) is 0 Å². The summed E-state index contributed by atoms with van der Waals surface area (Å²) >= 11 is 3.30. The van der Waals surface area contributed by atoms with Gasteiger partial charge in [-0.15, -0.1) is 0 Å². The smallest absolute Gasteiger partial charge is 0.255 e. The standard InChI is InChI=1S/C13H20BrN5O/c1-18-3-4-19(2)10(8-18)7-17-13(20)11-5-9(14)6-16-12(11)15/h5-6,10H,3-4,7-8H2,1-2H3,(H2,15,16)(H,17,20). The molecule has 1 unspecified atom stereocenters. The summed E-state index contributed by atoms with van der Waals surface area (Å²) in [5.74, 6) is 0.0674. The van der Waals surface area contributed by atoms with Gasteiger partial charge in [-0.1, -0.05) is 0 Å². The second kappa shape index (κ2) is 6.51. The van der Waals surface area contributed by atoms with E-state index in [1.807, 2.05) is 0 Å². The van der Waals surface area contributed by atoms with E-state index in [1.165, 1.54) is 0 Å². The highest BCUT2D eigenvalue weighted by atomic mass is 79.9. The van der Waals surface area contributed by atoms with Crippen LogP contribution in [0, 0.1) is 0 Å². The van der Waals surface area contributed by atoms with E-state index in [0.717, 1.165) is 24.1 Å². The Labute approximate surface area is 127 Å². The summed E-state index contributed by atoms with van der Waals surface area (Å²) in [5, 5.41) is 2.94. The summed E-state index contributed by atoms with van der Waals surface area (Å²) in [7, 11) is 4.18. The number of pyridine rings is 1. The van der Waals surface area contributed by atoms with E-state index in [1.54, 1.807) is 12.3 Å². The Morgan fingerprint density at radius 3 is 3.05 bits per heavy atom. The summed E-state index contributed by atoms with van der Waals surface area (Å²) < 4.78 is 0.742. The number of nitrogens with one attached hydrogen (secondary N) is 1. The fourth-order valence-corrected chi connectivity index (χ4v) is 2.59. The number of nitrogens with two attached hydrogens (primary N) is 1. The fraction of sp³-hybridized carbons (Fsp3) is 0.538. The average Bonchev–Trinajstić information content (AvgIpc) is 2.42. The highest BCUT2D eigenvalue weighted by Crippen LogP contribution is 2.15. The van der Waals surface area contributed by atoms with E-state index >= 15 is 0 Å². The number of piperazine rings is 1. The minimum Gasteiger partial charge on any atom is -0.383 e. The van der Waals surface area contributed by atoms with Crippen molar-refractivity contribution in [3.8, 4) is 0 Å². The first kappa shape index (κ1) is 15.2. The molecule has 1 saturated heterocycles. The summed E-state index contributed by atoms with van der Waals surface area (Å²) in [6, 6.07) is 2.01. The number of carbonyl (C=O) groups excluding carboxylic acids is 1. The van der Waals surface area contributed by atoms with E-state index in [-0.39, 0.29) is 11.7 Å². The van der Waals surface area contributed by atoms with Gasteiger partial charge in [0.1, 0.15) is 5.82 Å². The quantitative estimate of drug-likeness (QED) is 0.832. The molecule has 0 spiro atoms. The molecule has 1 aliphatic rings. The molecule has 0 saturated carbocycles. The van der Waals surface area contributed by atoms with Crippen LogP contribution in [-0.4, -0.2) is 67.0 Å². The molecule has 1 atom stereocenters. The molecule has 1 aliphatic heterocycles. The van der Waals surface area contributed by atoms with Crippen molar-refractivity contribution in [1.29, 1.82) is 0 Å². The molecule has 0 aromatic carbocycles. The van der Waals surface area contributed by atoms with Crippen molar-refractivity contribution in [3.63, 3.8) is 0 Å². The largest absolute Gasteiger partial charge is 0.383 e. The van der Waals surface area contributed by atoms with Gasteiger partial charge in [0.15, 0.2) is 0 Å². The fourth-order valence-electron chi connectivity index (χ4n) is 2.26. The van der Waals surface area contributed by atoms with Crippen LogP contribution in [-0.2, 0) is 0 Å². The van der Waals surface area contributed by atoms with Crippen LogP contribution >= 0.6 is 15.9 Å². The number of amides is 1. The van der Waals surface area contributed by atoms with E-state index in [4.69, 9.17) is 5.73 Å². The molecule has 2 heterocycles. The number of rotatable bonds is 3. The van der Waals surface area contributed by atoms with Gasteiger partial charge in [-0.3, -0.25) is 9.69 Å². The minimum absolute atomic E-state index is 0.182. The van der Waals surface area contributed by atoms with Crippen molar-refractivity contribution in [2.24, 2.45) is 0 Å². The number of likely N-dealkylation sites (N-methyl/N-ethyl adjacent to an activating group) is 2. The summed E-state index contributed by atoms with van der Waals surface area (Å²) in [6.07, 6.45) is 1.58.